The van der Waals surface area contributed by atoms with E-state index in [1.165, 1.54) is 116 Å². The van der Waals surface area contributed by atoms with E-state index in [1.54, 1.807) is 0 Å². The molecular formula is C60H107NO7P+. The molecule has 69 heavy (non-hydrogen) atoms. The number of hydrogen-bond acceptors (Lipinski definition) is 6. The van der Waals surface area contributed by atoms with E-state index in [1.807, 2.05) is 21.1 Å². The maximum absolute atomic E-state index is 12.8. The van der Waals surface area contributed by atoms with Crippen molar-refractivity contribution in [3.8, 4) is 0 Å². The van der Waals surface area contributed by atoms with Gasteiger partial charge in [-0.15, -0.1) is 0 Å². The zero-order valence-corrected chi connectivity index (χ0v) is 46.2. The number of carbonyl (C=O) groups excluding carboxylic acids is 1. The molecule has 0 aromatic carbocycles. The fraction of sp³-hybridized carbons (Fsp3) is 0.717. The lowest BCUT2D eigenvalue weighted by Gasteiger charge is -2.24. The summed E-state index contributed by atoms with van der Waals surface area (Å²) in [5.41, 5.74) is 0. The lowest BCUT2D eigenvalue weighted by atomic mass is 10.0. The maximum atomic E-state index is 12.8. The highest BCUT2D eigenvalue weighted by atomic mass is 31.2. The number of esters is 1. The lowest BCUT2D eigenvalue weighted by molar-refractivity contribution is -0.870. The molecule has 1 N–H and O–H groups in total. The number of allylic oxidation sites excluding steroid dienone is 16. The summed E-state index contributed by atoms with van der Waals surface area (Å²) in [6.45, 7) is 5.39. The van der Waals surface area contributed by atoms with Crippen LogP contribution in [0.4, 0.5) is 0 Å². The van der Waals surface area contributed by atoms with Crippen LogP contribution >= 0.6 is 7.82 Å². The number of phosphoric ester groups is 1. The van der Waals surface area contributed by atoms with Gasteiger partial charge >= 0.3 is 13.8 Å². The molecule has 9 heteroatoms. The van der Waals surface area contributed by atoms with Crippen molar-refractivity contribution in [3.05, 3.63) is 97.2 Å². The van der Waals surface area contributed by atoms with Crippen molar-refractivity contribution in [3.63, 3.8) is 0 Å². The number of quaternary nitrogens is 1. The Balaban J connectivity index is 4.21. The summed E-state index contributed by atoms with van der Waals surface area (Å²) < 4.78 is 35.2. The van der Waals surface area contributed by atoms with E-state index in [-0.39, 0.29) is 25.8 Å². The molecule has 2 atom stereocenters. The predicted molar refractivity (Wildman–Crippen MR) is 298 cm³/mol. The minimum absolute atomic E-state index is 0.0750. The Morgan fingerprint density at radius 3 is 1.28 bits per heavy atom. The van der Waals surface area contributed by atoms with Gasteiger partial charge < -0.3 is 18.9 Å². The summed E-state index contributed by atoms with van der Waals surface area (Å²) in [5, 5.41) is 0. The van der Waals surface area contributed by atoms with Crippen LogP contribution in [0.25, 0.3) is 0 Å². The molecule has 0 aliphatic carbocycles. The molecule has 0 spiro atoms. The summed E-state index contributed by atoms with van der Waals surface area (Å²) in [7, 11) is 1.63. The molecule has 0 radical (unpaired) electrons. The van der Waals surface area contributed by atoms with Crippen molar-refractivity contribution in [2.24, 2.45) is 0 Å². The molecule has 0 saturated heterocycles. The second kappa shape index (κ2) is 51.8. The number of nitrogens with zero attached hydrogens (tertiary/aromatic N) is 1. The highest BCUT2D eigenvalue weighted by molar-refractivity contribution is 7.47. The van der Waals surface area contributed by atoms with Gasteiger partial charge in [-0.3, -0.25) is 13.8 Å². The van der Waals surface area contributed by atoms with Gasteiger partial charge in [0.25, 0.3) is 0 Å². The third kappa shape index (κ3) is 56.2. The first-order valence-electron chi connectivity index (χ1n) is 28.0. The van der Waals surface area contributed by atoms with Gasteiger partial charge in [0.05, 0.1) is 34.4 Å². The standard InChI is InChI=1S/C60H106NO7P/c1-6-8-10-12-14-16-18-20-22-24-26-28-30-32-34-36-38-40-42-44-46-48-50-52-55-65-57-59(58-67-69(63,64)66-56-54-61(3,4)5)68-60(62)53-51-49-47-45-43-41-39-37-35-33-31-29-27-25-23-21-19-17-15-13-11-9-7-2/h8,10,14,16,20,22,25-28,32,34,38,40,44,46,59H,6-7,9,11-13,15,17-19,21,23-24,29-31,33,35-37,39,41-43,45,47-58H2,1-5H3/p+1/b10-8-,16-14-,22-20-,27-25-,28-26-,34-32-,40-38-,46-44-. The van der Waals surface area contributed by atoms with Gasteiger partial charge in [0.1, 0.15) is 19.3 Å². The van der Waals surface area contributed by atoms with Crippen molar-refractivity contribution < 1.29 is 37.3 Å². The second-order valence-corrected chi connectivity index (χ2v) is 21.0. The van der Waals surface area contributed by atoms with Gasteiger partial charge in [0, 0.05) is 13.0 Å². The average molecular weight is 985 g/mol. The van der Waals surface area contributed by atoms with Gasteiger partial charge in [-0.05, 0) is 96.3 Å². The lowest BCUT2D eigenvalue weighted by Crippen LogP contribution is -2.37. The Morgan fingerprint density at radius 2 is 0.841 bits per heavy atom. The molecular weight excluding hydrogens is 878 g/mol. The largest absolute Gasteiger partial charge is 0.472 e. The SMILES string of the molecule is CC/C=C\C/C=C\C/C=C\C/C=C\C/C=C\C/C=C\C/C=C\CCCCOCC(COP(=O)(O)OCC[N+](C)(C)C)OC(=O)CCCCCCCCCCCCC/C=C\CCCCCCCCCC. The van der Waals surface area contributed by atoms with E-state index in [2.05, 4.69) is 111 Å². The minimum Gasteiger partial charge on any atom is -0.457 e. The van der Waals surface area contributed by atoms with E-state index in [9.17, 15) is 14.3 Å². The molecule has 0 amide bonds. The first kappa shape index (κ1) is 66.4. The summed E-state index contributed by atoms with van der Waals surface area (Å²) in [6, 6.07) is 0. The van der Waals surface area contributed by atoms with Crippen LogP contribution in [0.1, 0.15) is 219 Å². The van der Waals surface area contributed by atoms with Gasteiger partial charge in [-0.1, -0.05) is 214 Å². The van der Waals surface area contributed by atoms with Gasteiger partial charge in [0.15, 0.2) is 0 Å². The Morgan fingerprint density at radius 1 is 0.464 bits per heavy atom. The molecule has 398 valence electrons. The first-order chi connectivity index (χ1) is 33.6. The Labute approximate surface area is 426 Å². The van der Waals surface area contributed by atoms with E-state index >= 15 is 0 Å². The van der Waals surface area contributed by atoms with Crippen LogP contribution in [0.15, 0.2) is 97.2 Å². The average Bonchev–Trinajstić information content (AvgIpc) is 3.31. The van der Waals surface area contributed by atoms with Crippen LogP contribution in [0.2, 0.25) is 0 Å². The highest BCUT2D eigenvalue weighted by Gasteiger charge is 2.26. The molecule has 0 rings (SSSR count). The third-order valence-electron chi connectivity index (χ3n) is 11.6. The van der Waals surface area contributed by atoms with Crippen molar-refractivity contribution in [2.75, 3.05) is 54.1 Å². The summed E-state index contributed by atoms with van der Waals surface area (Å²) >= 11 is 0. The van der Waals surface area contributed by atoms with Crippen LogP contribution in [0.3, 0.4) is 0 Å². The second-order valence-electron chi connectivity index (χ2n) is 19.6. The fourth-order valence-corrected chi connectivity index (χ4v) is 8.09. The first-order valence-corrected chi connectivity index (χ1v) is 29.5. The molecule has 8 nitrogen and oxygen atoms in total. The molecule has 0 heterocycles. The molecule has 2 unspecified atom stereocenters. The topological polar surface area (TPSA) is 91.3 Å². The molecule has 0 aromatic heterocycles. The van der Waals surface area contributed by atoms with Crippen molar-refractivity contribution in [1.29, 1.82) is 0 Å². The smallest absolute Gasteiger partial charge is 0.457 e. The zero-order chi connectivity index (χ0) is 50.5. The highest BCUT2D eigenvalue weighted by Crippen LogP contribution is 2.43. The molecule has 0 bridgehead atoms. The Kier molecular flexibility index (Phi) is 49.8. The number of rotatable bonds is 51. The summed E-state index contributed by atoms with van der Waals surface area (Å²) in [4.78, 5) is 23.1. The van der Waals surface area contributed by atoms with Crippen LogP contribution in [-0.2, 0) is 27.9 Å². The fourth-order valence-electron chi connectivity index (χ4n) is 7.35. The zero-order valence-electron chi connectivity index (χ0n) is 45.3. The molecule has 0 aliphatic heterocycles. The van der Waals surface area contributed by atoms with Crippen molar-refractivity contribution in [1.82, 2.24) is 0 Å². The van der Waals surface area contributed by atoms with E-state index < -0.39 is 13.9 Å². The van der Waals surface area contributed by atoms with Crippen LogP contribution < -0.4 is 0 Å². The third-order valence-corrected chi connectivity index (χ3v) is 12.6. The van der Waals surface area contributed by atoms with Gasteiger partial charge in [0.2, 0.25) is 0 Å². The van der Waals surface area contributed by atoms with Crippen LogP contribution in [0.5, 0.6) is 0 Å². The van der Waals surface area contributed by atoms with E-state index in [0.29, 0.717) is 24.1 Å². The van der Waals surface area contributed by atoms with Gasteiger partial charge in [-0.25, -0.2) is 4.57 Å². The summed E-state index contributed by atoms with van der Waals surface area (Å²) in [5.74, 6) is -0.332. The predicted octanol–water partition coefficient (Wildman–Crippen LogP) is 17.7. The quantitative estimate of drug-likeness (QED) is 0.0213. The number of hydrogen-bond donors (Lipinski definition) is 1. The van der Waals surface area contributed by atoms with Crippen LogP contribution in [-0.4, -0.2) is 75.6 Å². The van der Waals surface area contributed by atoms with Crippen LogP contribution in [0, 0.1) is 0 Å². The van der Waals surface area contributed by atoms with Crippen molar-refractivity contribution in [2.45, 2.75) is 225 Å². The van der Waals surface area contributed by atoms with Crippen molar-refractivity contribution >= 4 is 13.8 Å². The normalized spacial score (nSPS) is 14.2. The molecule has 0 aromatic rings. The molecule has 0 saturated carbocycles. The Bertz CT molecular complexity index is 1420. The molecule has 0 fully saturated rings. The van der Waals surface area contributed by atoms with Gasteiger partial charge in [-0.2, -0.15) is 0 Å². The van der Waals surface area contributed by atoms with E-state index in [0.717, 1.165) is 83.5 Å². The monoisotopic (exact) mass is 985 g/mol. The van der Waals surface area contributed by atoms with E-state index in [4.69, 9.17) is 18.5 Å². The number of ether oxygens (including phenoxy) is 2. The number of likely N-dealkylation sites (N-methyl/N-ethyl adjacent to an activating group) is 1. The number of unbranched alkanes of at least 4 members (excludes halogenated alkanes) is 21. The maximum Gasteiger partial charge on any atom is 0.472 e. The Hall–Kier alpha value is -2.58. The number of phosphoric acid groups is 1. The summed E-state index contributed by atoms with van der Waals surface area (Å²) in [6.07, 6.45) is 71.9. The minimum atomic E-state index is -4.30. The molecule has 0 aliphatic rings. The number of carbonyl (C=O) groups is 1.